The van der Waals surface area contributed by atoms with Crippen LogP contribution in [0.2, 0.25) is 0 Å². The van der Waals surface area contributed by atoms with E-state index in [1.54, 1.807) is 41.5 Å². The van der Waals surface area contributed by atoms with E-state index in [4.69, 9.17) is 9.47 Å². The zero-order valence-corrected chi connectivity index (χ0v) is 16.7. The lowest BCUT2D eigenvalue weighted by molar-refractivity contribution is -0.173. The van der Waals surface area contributed by atoms with E-state index >= 15 is 0 Å². The summed E-state index contributed by atoms with van der Waals surface area (Å²) in [5.41, 5.74) is -1.63. The zero-order valence-electron chi connectivity index (χ0n) is 16.7. The monoisotopic (exact) mass is 356 g/mol. The van der Waals surface area contributed by atoms with E-state index < -0.39 is 40.6 Å². The Kier molecular flexibility index (Phi) is 8.48. The van der Waals surface area contributed by atoms with Crippen molar-refractivity contribution in [3.05, 3.63) is 0 Å². The minimum Gasteiger partial charge on any atom is -0.393 e. The molecule has 0 spiro atoms. The van der Waals surface area contributed by atoms with Gasteiger partial charge in [0.05, 0.1) is 23.2 Å². The summed E-state index contributed by atoms with van der Waals surface area (Å²) in [5.74, 6) is -3.32. The number of hydrogen-bond acceptors (Lipinski definition) is 6. The number of ether oxygens (including phenoxy) is 2. The van der Waals surface area contributed by atoms with E-state index in [1.165, 1.54) is 0 Å². The van der Waals surface area contributed by atoms with Gasteiger partial charge in [-0.05, 0) is 53.9 Å². The summed E-state index contributed by atoms with van der Waals surface area (Å²) in [7, 11) is 0. The van der Waals surface area contributed by atoms with E-state index in [-0.39, 0.29) is 6.42 Å². The average molecular weight is 356 g/mol. The molecule has 6 nitrogen and oxygen atoms in total. The highest BCUT2D eigenvalue weighted by atomic mass is 16.6. The fraction of sp³-hybridized carbons (Fsp3) is 0.789. The Hall–Kier alpha value is -1.72. The van der Waals surface area contributed by atoms with Gasteiger partial charge in [-0.3, -0.25) is 19.2 Å². The molecule has 0 aromatic rings. The Bertz CT molecular complexity index is 505. The first-order valence-corrected chi connectivity index (χ1v) is 8.65. The topological polar surface area (TPSA) is 86.7 Å². The fourth-order valence-corrected chi connectivity index (χ4v) is 1.66. The quantitative estimate of drug-likeness (QED) is 0.533. The molecule has 0 bridgehead atoms. The van der Waals surface area contributed by atoms with Crippen molar-refractivity contribution >= 4 is 23.9 Å². The van der Waals surface area contributed by atoms with Crippen LogP contribution >= 0.6 is 0 Å². The molecular weight excluding hydrogens is 324 g/mol. The molecule has 6 heteroatoms. The number of rotatable bonds is 6. The van der Waals surface area contributed by atoms with Gasteiger partial charge in [-0.15, -0.1) is 0 Å². The minimum atomic E-state index is -0.818. The first-order chi connectivity index (χ1) is 11.1. The maximum absolute atomic E-state index is 12.3. The van der Waals surface area contributed by atoms with Gasteiger partial charge < -0.3 is 9.47 Å². The molecular formula is C19H32O6. The Morgan fingerprint density at radius 1 is 0.760 bits per heavy atom. The van der Waals surface area contributed by atoms with Crippen LogP contribution < -0.4 is 0 Å². The maximum atomic E-state index is 12.3. The summed E-state index contributed by atoms with van der Waals surface area (Å²) >= 11 is 0. The van der Waals surface area contributed by atoms with Crippen molar-refractivity contribution < 1.29 is 28.7 Å². The van der Waals surface area contributed by atoms with Crippen LogP contribution in [0.5, 0.6) is 0 Å². The number of carbonyl (C=O) groups excluding carboxylic acids is 4. The summed E-state index contributed by atoms with van der Waals surface area (Å²) in [4.78, 5) is 48.0. The minimum absolute atomic E-state index is 0.287. The van der Waals surface area contributed by atoms with Crippen molar-refractivity contribution in [3.8, 4) is 0 Å². The summed E-state index contributed by atoms with van der Waals surface area (Å²) in [6, 6.07) is 0. The average Bonchev–Trinajstić information content (AvgIpc) is 2.40. The SMILES string of the molecule is CC(C)CCC(CC(=O)OC(=O)C(C)(C)C)C(=O)OC(=O)C(C)(C)C. The van der Waals surface area contributed by atoms with Crippen molar-refractivity contribution in [1.29, 1.82) is 0 Å². The molecule has 0 aromatic heterocycles. The van der Waals surface area contributed by atoms with Crippen molar-refractivity contribution in [3.63, 3.8) is 0 Å². The molecule has 0 amide bonds. The largest absolute Gasteiger partial charge is 0.393 e. The Balaban J connectivity index is 4.99. The molecule has 1 unspecified atom stereocenters. The molecule has 0 saturated heterocycles. The van der Waals surface area contributed by atoms with Crippen molar-refractivity contribution in [1.82, 2.24) is 0 Å². The molecule has 0 saturated carbocycles. The standard InChI is InChI=1S/C19H32O6/c1-12(2)9-10-13(15(21)25-17(23)19(6,7)8)11-14(20)24-16(22)18(3,4)5/h12-13H,9-11H2,1-8H3. The lowest BCUT2D eigenvalue weighted by atomic mass is 9.94. The Labute approximate surface area is 150 Å². The summed E-state index contributed by atoms with van der Waals surface area (Å²) < 4.78 is 9.72. The summed E-state index contributed by atoms with van der Waals surface area (Å²) in [5, 5.41) is 0. The molecule has 0 fully saturated rings. The second-order valence-corrected chi connectivity index (χ2v) is 8.84. The van der Waals surface area contributed by atoms with E-state index in [1.807, 2.05) is 13.8 Å². The highest BCUT2D eigenvalue weighted by Crippen LogP contribution is 2.22. The zero-order chi connectivity index (χ0) is 20.0. The van der Waals surface area contributed by atoms with Gasteiger partial charge in [0.1, 0.15) is 0 Å². The van der Waals surface area contributed by atoms with Gasteiger partial charge in [-0.25, -0.2) is 0 Å². The maximum Gasteiger partial charge on any atom is 0.318 e. The number of hydrogen-bond donors (Lipinski definition) is 0. The van der Waals surface area contributed by atoms with Gasteiger partial charge in [0.25, 0.3) is 0 Å². The molecule has 0 aliphatic heterocycles. The van der Waals surface area contributed by atoms with Gasteiger partial charge >= 0.3 is 23.9 Å². The summed E-state index contributed by atoms with van der Waals surface area (Å²) in [6.07, 6.45) is 0.779. The van der Waals surface area contributed by atoms with Crippen LogP contribution in [-0.2, 0) is 28.7 Å². The molecule has 25 heavy (non-hydrogen) atoms. The smallest absolute Gasteiger partial charge is 0.318 e. The van der Waals surface area contributed by atoms with Gasteiger partial charge in [-0.2, -0.15) is 0 Å². The molecule has 0 aromatic carbocycles. The van der Waals surface area contributed by atoms with Crippen molar-refractivity contribution in [2.24, 2.45) is 22.7 Å². The van der Waals surface area contributed by atoms with Gasteiger partial charge in [0.2, 0.25) is 0 Å². The summed E-state index contributed by atoms with van der Waals surface area (Å²) in [6.45, 7) is 13.8. The van der Waals surface area contributed by atoms with Gasteiger partial charge in [0, 0.05) is 0 Å². The molecule has 0 aliphatic carbocycles. The highest BCUT2D eigenvalue weighted by molar-refractivity contribution is 5.93. The molecule has 0 radical (unpaired) electrons. The van der Waals surface area contributed by atoms with Crippen LogP contribution in [-0.4, -0.2) is 23.9 Å². The number of carbonyl (C=O) groups is 4. The molecule has 0 N–H and O–H groups in total. The third-order valence-electron chi connectivity index (χ3n) is 3.46. The van der Waals surface area contributed by atoms with Crippen LogP contribution in [0, 0.1) is 22.7 Å². The van der Waals surface area contributed by atoms with Crippen molar-refractivity contribution in [2.45, 2.75) is 74.7 Å². The lowest BCUT2D eigenvalue weighted by Crippen LogP contribution is -2.32. The third-order valence-corrected chi connectivity index (χ3v) is 3.46. The van der Waals surface area contributed by atoms with E-state index in [0.717, 1.165) is 0 Å². The second-order valence-electron chi connectivity index (χ2n) is 8.84. The molecule has 1 atom stereocenters. The highest BCUT2D eigenvalue weighted by Gasteiger charge is 2.32. The van der Waals surface area contributed by atoms with E-state index in [0.29, 0.717) is 18.8 Å². The molecule has 0 aliphatic rings. The van der Waals surface area contributed by atoms with Crippen LogP contribution in [0.15, 0.2) is 0 Å². The normalized spacial score (nSPS) is 13.3. The fourth-order valence-electron chi connectivity index (χ4n) is 1.66. The predicted molar refractivity (Wildman–Crippen MR) is 93.3 cm³/mol. The lowest BCUT2D eigenvalue weighted by Gasteiger charge is -2.20. The van der Waals surface area contributed by atoms with E-state index in [2.05, 4.69) is 0 Å². The molecule has 144 valence electrons. The first-order valence-electron chi connectivity index (χ1n) is 8.65. The van der Waals surface area contributed by atoms with Crippen LogP contribution in [0.3, 0.4) is 0 Å². The molecule has 0 rings (SSSR count). The molecule has 0 heterocycles. The second kappa shape index (κ2) is 9.11. The van der Waals surface area contributed by atoms with Gasteiger partial charge in [-0.1, -0.05) is 20.3 Å². The van der Waals surface area contributed by atoms with Gasteiger partial charge in [0.15, 0.2) is 0 Å². The van der Waals surface area contributed by atoms with Crippen LogP contribution in [0.4, 0.5) is 0 Å². The van der Waals surface area contributed by atoms with Crippen molar-refractivity contribution in [2.75, 3.05) is 0 Å². The Morgan fingerprint density at radius 3 is 1.60 bits per heavy atom. The van der Waals surface area contributed by atoms with E-state index in [9.17, 15) is 19.2 Å². The Morgan fingerprint density at radius 2 is 1.20 bits per heavy atom. The first kappa shape index (κ1) is 23.3. The number of esters is 4. The predicted octanol–water partition coefficient (Wildman–Crippen LogP) is 3.66. The third kappa shape index (κ3) is 9.37. The van der Waals surface area contributed by atoms with Crippen LogP contribution in [0.25, 0.3) is 0 Å². The van der Waals surface area contributed by atoms with Crippen LogP contribution in [0.1, 0.15) is 74.7 Å².